The number of aryl methyl sites for hydroxylation is 2. The van der Waals surface area contributed by atoms with Crippen molar-refractivity contribution >= 4 is 38.4 Å². The maximum atomic E-state index is 12.5. The number of hydrogen-bond acceptors (Lipinski definition) is 4. The number of thiazole rings is 1. The van der Waals surface area contributed by atoms with Crippen LogP contribution < -0.4 is 5.32 Å². The van der Waals surface area contributed by atoms with E-state index >= 15 is 0 Å². The van der Waals surface area contributed by atoms with E-state index in [1.165, 1.54) is 4.70 Å². The van der Waals surface area contributed by atoms with Gasteiger partial charge in [-0.3, -0.25) is 9.78 Å². The first-order chi connectivity index (χ1) is 13.1. The van der Waals surface area contributed by atoms with E-state index in [-0.39, 0.29) is 5.91 Å². The van der Waals surface area contributed by atoms with Crippen LogP contribution in [-0.4, -0.2) is 22.4 Å². The molecular formula is C22H21N3OS. The van der Waals surface area contributed by atoms with Crippen LogP contribution in [-0.2, 0) is 17.6 Å². The SMILES string of the molecule is Cc1nc2ccccc2c(C)c1CC(=O)NCCc1nc2ccccc2s1. The van der Waals surface area contributed by atoms with Gasteiger partial charge in [-0.15, -0.1) is 11.3 Å². The molecule has 1 N–H and O–H groups in total. The van der Waals surface area contributed by atoms with Crippen molar-refractivity contribution in [3.05, 3.63) is 70.4 Å². The lowest BCUT2D eigenvalue weighted by Gasteiger charge is -2.12. The Morgan fingerprint density at radius 1 is 1.00 bits per heavy atom. The van der Waals surface area contributed by atoms with Gasteiger partial charge >= 0.3 is 0 Å². The molecule has 0 aliphatic heterocycles. The molecule has 0 atom stereocenters. The summed E-state index contributed by atoms with van der Waals surface area (Å²) >= 11 is 1.69. The van der Waals surface area contributed by atoms with Crippen LogP contribution >= 0.6 is 11.3 Å². The molecule has 0 aliphatic rings. The third-order valence-electron chi connectivity index (χ3n) is 4.82. The van der Waals surface area contributed by atoms with Gasteiger partial charge in [0.2, 0.25) is 5.91 Å². The van der Waals surface area contributed by atoms with E-state index in [1.807, 2.05) is 43.3 Å². The molecule has 0 saturated heterocycles. The molecule has 2 heterocycles. The van der Waals surface area contributed by atoms with Crippen LogP contribution in [0.1, 0.15) is 21.8 Å². The lowest BCUT2D eigenvalue weighted by molar-refractivity contribution is -0.120. The number of hydrogen-bond donors (Lipinski definition) is 1. The quantitative estimate of drug-likeness (QED) is 0.564. The van der Waals surface area contributed by atoms with Gasteiger partial charge in [0, 0.05) is 24.0 Å². The molecule has 0 saturated carbocycles. The molecule has 0 unspecified atom stereocenters. The van der Waals surface area contributed by atoms with E-state index < -0.39 is 0 Å². The molecule has 0 spiro atoms. The number of pyridine rings is 1. The molecule has 0 aliphatic carbocycles. The lowest BCUT2D eigenvalue weighted by atomic mass is 9.99. The predicted octanol–water partition coefficient (Wildman–Crippen LogP) is 4.36. The van der Waals surface area contributed by atoms with Crippen molar-refractivity contribution in [3.63, 3.8) is 0 Å². The fraction of sp³-hybridized carbons (Fsp3) is 0.227. The monoisotopic (exact) mass is 375 g/mol. The minimum atomic E-state index is 0.0272. The number of para-hydroxylation sites is 2. The third-order valence-corrected chi connectivity index (χ3v) is 5.92. The Bertz CT molecular complexity index is 1100. The second-order valence-electron chi connectivity index (χ2n) is 6.67. The molecule has 0 fully saturated rings. The molecule has 4 nitrogen and oxygen atoms in total. The highest BCUT2D eigenvalue weighted by atomic mass is 32.1. The van der Waals surface area contributed by atoms with Crippen LogP contribution in [0.15, 0.2) is 48.5 Å². The number of rotatable bonds is 5. The zero-order valence-corrected chi connectivity index (χ0v) is 16.3. The first-order valence-electron chi connectivity index (χ1n) is 9.08. The average molecular weight is 375 g/mol. The second-order valence-corrected chi connectivity index (χ2v) is 7.79. The number of nitrogens with one attached hydrogen (secondary N) is 1. The Balaban J connectivity index is 1.41. The zero-order valence-electron chi connectivity index (χ0n) is 15.5. The fourth-order valence-electron chi connectivity index (χ4n) is 3.39. The van der Waals surface area contributed by atoms with Gasteiger partial charge in [-0.25, -0.2) is 4.98 Å². The summed E-state index contributed by atoms with van der Waals surface area (Å²) in [4.78, 5) is 21.7. The number of fused-ring (bicyclic) bond motifs is 2. The van der Waals surface area contributed by atoms with Gasteiger partial charge in [-0.05, 0) is 43.2 Å². The number of aromatic nitrogens is 2. The highest BCUT2D eigenvalue weighted by molar-refractivity contribution is 7.18. The summed E-state index contributed by atoms with van der Waals surface area (Å²) in [6.07, 6.45) is 1.11. The first-order valence-corrected chi connectivity index (χ1v) is 9.89. The molecule has 0 radical (unpaired) electrons. The Labute approximate surface area is 162 Å². The third kappa shape index (κ3) is 3.69. The van der Waals surface area contributed by atoms with Crippen LogP contribution in [0.5, 0.6) is 0 Å². The smallest absolute Gasteiger partial charge is 0.224 e. The Hall–Kier alpha value is -2.79. The molecule has 4 rings (SSSR count). The molecule has 1 amide bonds. The fourth-order valence-corrected chi connectivity index (χ4v) is 4.36. The van der Waals surface area contributed by atoms with Gasteiger partial charge in [0.1, 0.15) is 0 Å². The van der Waals surface area contributed by atoms with Crippen molar-refractivity contribution in [2.24, 2.45) is 0 Å². The summed E-state index contributed by atoms with van der Waals surface area (Å²) in [5.41, 5.74) is 5.09. The van der Waals surface area contributed by atoms with Crippen LogP contribution in [0.4, 0.5) is 0 Å². The summed E-state index contributed by atoms with van der Waals surface area (Å²) in [6.45, 7) is 4.64. The molecule has 136 valence electrons. The van der Waals surface area contributed by atoms with Gasteiger partial charge in [0.15, 0.2) is 0 Å². The van der Waals surface area contributed by atoms with E-state index in [9.17, 15) is 4.79 Å². The Morgan fingerprint density at radius 3 is 2.56 bits per heavy atom. The van der Waals surface area contributed by atoms with Crippen molar-refractivity contribution in [2.75, 3.05) is 6.54 Å². The molecule has 0 bridgehead atoms. The zero-order chi connectivity index (χ0) is 18.8. The molecule has 2 aromatic heterocycles. The maximum absolute atomic E-state index is 12.5. The summed E-state index contributed by atoms with van der Waals surface area (Å²) in [7, 11) is 0. The largest absolute Gasteiger partial charge is 0.355 e. The predicted molar refractivity (Wildman–Crippen MR) is 111 cm³/mol. The second kappa shape index (κ2) is 7.45. The van der Waals surface area contributed by atoms with E-state index in [0.717, 1.165) is 44.7 Å². The molecule has 2 aromatic carbocycles. The number of carbonyl (C=O) groups is 1. The highest BCUT2D eigenvalue weighted by Gasteiger charge is 2.13. The summed E-state index contributed by atoms with van der Waals surface area (Å²) in [5, 5.41) is 5.19. The summed E-state index contributed by atoms with van der Waals surface area (Å²) in [5.74, 6) is 0.0272. The van der Waals surface area contributed by atoms with Gasteiger partial charge in [0.25, 0.3) is 0 Å². The first kappa shape index (κ1) is 17.6. The Kier molecular flexibility index (Phi) is 4.86. The van der Waals surface area contributed by atoms with Crippen molar-refractivity contribution in [3.8, 4) is 0 Å². The lowest BCUT2D eigenvalue weighted by Crippen LogP contribution is -2.27. The van der Waals surface area contributed by atoms with E-state index in [0.29, 0.717) is 13.0 Å². The minimum Gasteiger partial charge on any atom is -0.355 e. The summed E-state index contributed by atoms with van der Waals surface area (Å²) in [6, 6.07) is 16.2. The topological polar surface area (TPSA) is 54.9 Å². The van der Waals surface area contributed by atoms with Crippen LogP contribution in [0.2, 0.25) is 0 Å². The normalized spacial score (nSPS) is 11.2. The molecule has 27 heavy (non-hydrogen) atoms. The van der Waals surface area contributed by atoms with Gasteiger partial charge in [-0.2, -0.15) is 0 Å². The van der Waals surface area contributed by atoms with E-state index in [2.05, 4.69) is 34.3 Å². The average Bonchev–Trinajstić information content (AvgIpc) is 3.08. The molecule has 5 heteroatoms. The van der Waals surface area contributed by atoms with Crippen LogP contribution in [0.25, 0.3) is 21.1 Å². The van der Waals surface area contributed by atoms with Gasteiger partial charge in [0.05, 0.1) is 27.2 Å². The van der Waals surface area contributed by atoms with E-state index in [4.69, 9.17) is 0 Å². The number of benzene rings is 2. The highest BCUT2D eigenvalue weighted by Crippen LogP contribution is 2.23. The van der Waals surface area contributed by atoms with Crippen LogP contribution in [0.3, 0.4) is 0 Å². The molecule has 4 aromatic rings. The van der Waals surface area contributed by atoms with E-state index in [1.54, 1.807) is 11.3 Å². The molecular weight excluding hydrogens is 354 g/mol. The number of carbonyl (C=O) groups excluding carboxylic acids is 1. The number of amides is 1. The van der Waals surface area contributed by atoms with Crippen molar-refractivity contribution < 1.29 is 4.79 Å². The summed E-state index contributed by atoms with van der Waals surface area (Å²) < 4.78 is 1.19. The van der Waals surface area contributed by atoms with Crippen molar-refractivity contribution in [1.29, 1.82) is 0 Å². The standard InChI is InChI=1S/C22H21N3OS/c1-14-16-7-3-4-8-18(16)24-15(2)17(14)13-21(26)23-12-11-22-25-19-9-5-6-10-20(19)27-22/h3-10H,11-13H2,1-2H3,(H,23,26). The van der Waals surface area contributed by atoms with Gasteiger partial charge in [-0.1, -0.05) is 30.3 Å². The van der Waals surface area contributed by atoms with Crippen LogP contribution in [0, 0.1) is 13.8 Å². The number of nitrogens with zero attached hydrogens (tertiary/aromatic N) is 2. The maximum Gasteiger partial charge on any atom is 0.224 e. The van der Waals surface area contributed by atoms with Crippen molar-refractivity contribution in [2.45, 2.75) is 26.7 Å². The van der Waals surface area contributed by atoms with Crippen molar-refractivity contribution in [1.82, 2.24) is 15.3 Å². The Morgan fingerprint density at radius 2 is 1.74 bits per heavy atom. The minimum absolute atomic E-state index is 0.0272. The van der Waals surface area contributed by atoms with Gasteiger partial charge < -0.3 is 5.32 Å².